The first kappa shape index (κ1) is 21.0. The molecule has 4 heterocycles. The van der Waals surface area contributed by atoms with Crippen LogP contribution in [0.4, 0.5) is 5.82 Å². The molecular formula is C22H24N4O2S3. The SMILES string of the molecule is O=C1/C(=C\c2c(N3CCSCC3)nc3ccccn3c2=O)SC(=S)N1C1CCCCC1. The van der Waals surface area contributed by atoms with E-state index in [1.54, 1.807) is 21.6 Å². The van der Waals surface area contributed by atoms with Gasteiger partial charge in [0.1, 0.15) is 15.8 Å². The van der Waals surface area contributed by atoms with Gasteiger partial charge in [0.2, 0.25) is 0 Å². The predicted octanol–water partition coefficient (Wildman–Crippen LogP) is 3.78. The number of thioether (sulfide) groups is 2. The summed E-state index contributed by atoms with van der Waals surface area (Å²) >= 11 is 8.79. The topological polar surface area (TPSA) is 57.9 Å². The summed E-state index contributed by atoms with van der Waals surface area (Å²) in [6.45, 7) is 1.67. The highest BCUT2D eigenvalue weighted by Crippen LogP contribution is 2.37. The molecule has 162 valence electrons. The van der Waals surface area contributed by atoms with Crippen molar-refractivity contribution in [3.8, 4) is 0 Å². The second kappa shape index (κ2) is 8.96. The van der Waals surface area contributed by atoms with Crippen LogP contribution < -0.4 is 10.5 Å². The minimum Gasteiger partial charge on any atom is -0.354 e. The Morgan fingerprint density at radius 1 is 1.10 bits per heavy atom. The molecule has 2 saturated heterocycles. The quantitative estimate of drug-likeness (QED) is 0.498. The van der Waals surface area contributed by atoms with Crippen LogP contribution in [0.5, 0.6) is 0 Å². The van der Waals surface area contributed by atoms with Crippen molar-refractivity contribution in [2.24, 2.45) is 0 Å². The van der Waals surface area contributed by atoms with E-state index in [1.165, 1.54) is 18.2 Å². The second-order valence-electron chi connectivity index (χ2n) is 8.03. The molecule has 0 aromatic carbocycles. The van der Waals surface area contributed by atoms with Gasteiger partial charge in [-0.1, -0.05) is 49.3 Å². The summed E-state index contributed by atoms with van der Waals surface area (Å²) in [5.74, 6) is 2.59. The number of pyridine rings is 1. The van der Waals surface area contributed by atoms with Crippen LogP contribution in [0.25, 0.3) is 11.7 Å². The molecule has 31 heavy (non-hydrogen) atoms. The van der Waals surface area contributed by atoms with Gasteiger partial charge in [-0.2, -0.15) is 11.8 Å². The average Bonchev–Trinajstić information content (AvgIpc) is 3.09. The van der Waals surface area contributed by atoms with Gasteiger partial charge in [-0.05, 0) is 31.1 Å². The Morgan fingerprint density at radius 2 is 1.87 bits per heavy atom. The van der Waals surface area contributed by atoms with Crippen LogP contribution in [0.15, 0.2) is 34.1 Å². The van der Waals surface area contributed by atoms with Gasteiger partial charge >= 0.3 is 0 Å². The van der Waals surface area contributed by atoms with Crippen LogP contribution in [-0.2, 0) is 4.79 Å². The van der Waals surface area contributed by atoms with E-state index in [2.05, 4.69) is 4.90 Å². The molecule has 1 saturated carbocycles. The maximum Gasteiger partial charge on any atom is 0.267 e. The molecule has 0 unspecified atom stereocenters. The number of rotatable bonds is 3. The largest absolute Gasteiger partial charge is 0.354 e. The van der Waals surface area contributed by atoms with Crippen molar-refractivity contribution < 1.29 is 4.79 Å². The third kappa shape index (κ3) is 4.03. The molecule has 0 atom stereocenters. The molecule has 0 N–H and O–H groups in total. The molecule has 0 bridgehead atoms. The summed E-state index contributed by atoms with van der Waals surface area (Å²) in [4.78, 5) is 36.0. The third-order valence-corrected chi connectivity index (χ3v) is 8.37. The molecule has 2 aliphatic heterocycles. The Balaban J connectivity index is 1.58. The molecule has 1 amide bonds. The third-order valence-electron chi connectivity index (χ3n) is 6.10. The standard InChI is InChI=1S/C22H24N4O2S3/c27-20-16(14-17-21(28)26(22(29)31-17)15-6-2-1-3-7-15)19(24-10-12-30-13-11-24)23-18-8-4-5-9-25(18)20/h4-5,8-9,14-15H,1-3,6-7,10-13H2/b17-14+. The highest BCUT2D eigenvalue weighted by molar-refractivity contribution is 8.26. The number of aromatic nitrogens is 2. The number of nitrogens with zero attached hydrogens (tertiary/aromatic N) is 4. The van der Waals surface area contributed by atoms with Gasteiger partial charge in [0.25, 0.3) is 11.5 Å². The minimum absolute atomic E-state index is 0.0698. The maximum absolute atomic E-state index is 13.4. The van der Waals surface area contributed by atoms with Crippen LogP contribution in [-0.4, -0.2) is 55.1 Å². The fourth-order valence-corrected chi connectivity index (χ4v) is 6.78. The van der Waals surface area contributed by atoms with Gasteiger partial charge in [-0.25, -0.2) is 4.98 Å². The zero-order valence-electron chi connectivity index (χ0n) is 17.2. The van der Waals surface area contributed by atoms with Crippen molar-refractivity contribution in [1.29, 1.82) is 0 Å². The number of hydrogen-bond donors (Lipinski definition) is 0. The number of anilines is 1. The second-order valence-corrected chi connectivity index (χ2v) is 10.9. The van der Waals surface area contributed by atoms with E-state index in [1.807, 2.05) is 30.0 Å². The van der Waals surface area contributed by atoms with E-state index in [0.29, 0.717) is 26.3 Å². The van der Waals surface area contributed by atoms with E-state index in [9.17, 15) is 9.59 Å². The van der Waals surface area contributed by atoms with Gasteiger partial charge < -0.3 is 4.90 Å². The first-order valence-corrected chi connectivity index (χ1v) is 13.1. The molecule has 3 fully saturated rings. The summed E-state index contributed by atoms with van der Waals surface area (Å²) in [6.07, 6.45) is 8.94. The molecule has 2 aromatic rings. The summed E-state index contributed by atoms with van der Waals surface area (Å²) in [6, 6.07) is 5.73. The van der Waals surface area contributed by atoms with Crippen LogP contribution in [0.2, 0.25) is 0 Å². The van der Waals surface area contributed by atoms with Gasteiger partial charge in [0.15, 0.2) is 0 Å². The Morgan fingerprint density at radius 3 is 2.65 bits per heavy atom. The van der Waals surface area contributed by atoms with E-state index >= 15 is 0 Å². The molecule has 2 aromatic heterocycles. The van der Waals surface area contributed by atoms with Crippen molar-refractivity contribution in [2.45, 2.75) is 38.1 Å². The Hall–Kier alpha value is -1.84. The average molecular weight is 473 g/mol. The van der Waals surface area contributed by atoms with Crippen molar-refractivity contribution in [2.75, 3.05) is 29.5 Å². The summed E-state index contributed by atoms with van der Waals surface area (Å²) in [7, 11) is 0. The smallest absolute Gasteiger partial charge is 0.267 e. The van der Waals surface area contributed by atoms with E-state index < -0.39 is 0 Å². The Bertz CT molecular complexity index is 1120. The minimum atomic E-state index is -0.151. The summed E-state index contributed by atoms with van der Waals surface area (Å²) < 4.78 is 2.16. The predicted molar refractivity (Wildman–Crippen MR) is 133 cm³/mol. The van der Waals surface area contributed by atoms with Crippen LogP contribution in [0, 0.1) is 0 Å². The van der Waals surface area contributed by atoms with Gasteiger partial charge in [0, 0.05) is 36.8 Å². The van der Waals surface area contributed by atoms with Crippen molar-refractivity contribution in [3.63, 3.8) is 0 Å². The molecule has 3 aliphatic rings. The number of amides is 1. The first-order valence-electron chi connectivity index (χ1n) is 10.7. The lowest BCUT2D eigenvalue weighted by Crippen LogP contribution is -2.39. The maximum atomic E-state index is 13.4. The highest BCUT2D eigenvalue weighted by atomic mass is 32.2. The fraction of sp³-hybridized carbons (Fsp3) is 0.455. The molecule has 0 spiro atoms. The number of thiocarbonyl (C=S) groups is 1. The summed E-state index contributed by atoms with van der Waals surface area (Å²) in [5.41, 5.74) is 0.939. The van der Waals surface area contributed by atoms with Crippen LogP contribution in [0.3, 0.4) is 0 Å². The molecule has 1 aliphatic carbocycles. The number of carbonyl (C=O) groups excluding carboxylic acids is 1. The van der Waals surface area contributed by atoms with Crippen molar-refractivity contribution in [1.82, 2.24) is 14.3 Å². The normalized spacial score (nSPS) is 22.1. The van der Waals surface area contributed by atoms with E-state index in [-0.39, 0.29) is 17.5 Å². The van der Waals surface area contributed by atoms with Crippen molar-refractivity contribution >= 4 is 63.5 Å². The molecule has 5 rings (SSSR count). The summed E-state index contributed by atoms with van der Waals surface area (Å²) in [5, 5.41) is 0. The number of fused-ring (bicyclic) bond motifs is 1. The number of carbonyl (C=O) groups is 1. The molecular weight excluding hydrogens is 448 g/mol. The van der Waals surface area contributed by atoms with E-state index in [4.69, 9.17) is 17.2 Å². The molecule has 9 heteroatoms. The lowest BCUT2D eigenvalue weighted by Gasteiger charge is -2.30. The fourth-order valence-electron chi connectivity index (χ4n) is 4.50. The van der Waals surface area contributed by atoms with Crippen LogP contribution >= 0.6 is 35.7 Å². The first-order chi connectivity index (χ1) is 15.1. The zero-order valence-corrected chi connectivity index (χ0v) is 19.6. The molecule has 0 radical (unpaired) electrons. The highest BCUT2D eigenvalue weighted by Gasteiger charge is 2.38. The van der Waals surface area contributed by atoms with E-state index in [0.717, 1.165) is 50.3 Å². The monoisotopic (exact) mass is 472 g/mol. The van der Waals surface area contributed by atoms with Crippen molar-refractivity contribution in [3.05, 3.63) is 45.2 Å². The number of hydrogen-bond acceptors (Lipinski definition) is 7. The lowest BCUT2D eigenvalue weighted by molar-refractivity contribution is -0.124. The van der Waals surface area contributed by atoms with Gasteiger partial charge in [0.05, 0.1) is 10.5 Å². The lowest BCUT2D eigenvalue weighted by atomic mass is 9.94. The zero-order chi connectivity index (χ0) is 21.4. The molecule has 6 nitrogen and oxygen atoms in total. The van der Waals surface area contributed by atoms with Gasteiger partial charge in [-0.3, -0.25) is 18.9 Å². The van der Waals surface area contributed by atoms with Crippen LogP contribution in [0.1, 0.15) is 37.7 Å². The Labute approximate surface area is 195 Å². The van der Waals surface area contributed by atoms with Gasteiger partial charge in [-0.15, -0.1) is 0 Å². The Kier molecular flexibility index (Phi) is 6.08.